The summed E-state index contributed by atoms with van der Waals surface area (Å²) < 4.78 is 0. The van der Waals surface area contributed by atoms with E-state index in [-0.39, 0.29) is 41.2 Å². The summed E-state index contributed by atoms with van der Waals surface area (Å²) in [7, 11) is 0. The monoisotopic (exact) mass is 491 g/mol. The third-order valence-electron chi connectivity index (χ3n) is 8.49. The number of rotatable bonds is 4. The number of carbonyl (C=O) groups is 3. The van der Waals surface area contributed by atoms with Gasteiger partial charge in [0.25, 0.3) is 0 Å². The maximum absolute atomic E-state index is 13.7. The van der Waals surface area contributed by atoms with Gasteiger partial charge in [0.15, 0.2) is 11.4 Å². The van der Waals surface area contributed by atoms with Crippen LogP contribution in [0.2, 0.25) is 0 Å². The Morgan fingerprint density at radius 3 is 2.47 bits per heavy atom. The average molecular weight is 492 g/mol. The highest BCUT2D eigenvalue weighted by atomic mass is 16.3. The molecule has 190 valence electrons. The van der Waals surface area contributed by atoms with Gasteiger partial charge in [-0.1, -0.05) is 18.6 Å². The number of phenolic OH excluding ortho intramolecular Hbond substituents is 1. The number of hydrogen-bond donors (Lipinski definition) is 3. The molecule has 0 bridgehead atoms. The van der Waals surface area contributed by atoms with Gasteiger partial charge in [-0.05, 0) is 88.2 Å². The Hall–Kier alpha value is -3.03. The van der Waals surface area contributed by atoms with Gasteiger partial charge in [0, 0.05) is 22.6 Å². The standard InChI is InChI=1S/C29H33NO6/c1-15(2)23-16(3)11-18-12-17-13-20-19(22(32)14-30-9-5-4-6-10-30)7-8-21(31)25(20)26(33)24(17)28(35)29(18,36)27(23)34/h7-8,17-18,31,33,36H,1,4-6,9-14H2,2-3H3/t17-,18-,29-/m0/s1. The molecule has 0 unspecified atom stereocenters. The van der Waals surface area contributed by atoms with Crippen LogP contribution in [-0.4, -0.2) is 62.8 Å². The summed E-state index contributed by atoms with van der Waals surface area (Å²) in [5.74, 6) is -3.35. The van der Waals surface area contributed by atoms with Crippen molar-refractivity contribution in [2.45, 2.75) is 58.0 Å². The number of carbonyl (C=O) groups excluding carboxylic acids is 3. The van der Waals surface area contributed by atoms with Gasteiger partial charge in [-0.3, -0.25) is 19.3 Å². The fourth-order valence-corrected chi connectivity index (χ4v) is 6.79. The second kappa shape index (κ2) is 8.82. The molecule has 1 heterocycles. The van der Waals surface area contributed by atoms with Crippen LogP contribution in [0.1, 0.15) is 67.4 Å². The van der Waals surface area contributed by atoms with Crippen LogP contribution in [0, 0.1) is 11.8 Å². The summed E-state index contributed by atoms with van der Waals surface area (Å²) in [5.41, 5.74) is 0.264. The number of aliphatic hydroxyl groups is 2. The van der Waals surface area contributed by atoms with Crippen molar-refractivity contribution in [3.8, 4) is 5.75 Å². The fraction of sp³-hybridized carbons (Fsp3) is 0.483. The zero-order valence-electron chi connectivity index (χ0n) is 20.9. The normalized spacial score (nSPS) is 28.5. The van der Waals surface area contributed by atoms with Crippen molar-refractivity contribution in [1.29, 1.82) is 0 Å². The van der Waals surface area contributed by atoms with Gasteiger partial charge < -0.3 is 15.3 Å². The molecule has 3 aliphatic carbocycles. The van der Waals surface area contributed by atoms with E-state index in [2.05, 4.69) is 11.5 Å². The van der Waals surface area contributed by atoms with Crippen molar-refractivity contribution in [1.82, 2.24) is 4.90 Å². The first-order valence-corrected chi connectivity index (χ1v) is 12.8. The molecule has 7 heteroatoms. The van der Waals surface area contributed by atoms with E-state index in [0.717, 1.165) is 37.9 Å². The Morgan fingerprint density at radius 2 is 1.81 bits per heavy atom. The predicted molar refractivity (Wildman–Crippen MR) is 135 cm³/mol. The summed E-state index contributed by atoms with van der Waals surface area (Å²) in [6, 6.07) is 2.96. The van der Waals surface area contributed by atoms with Crippen LogP contribution in [0.3, 0.4) is 0 Å². The first-order chi connectivity index (χ1) is 17.1. The van der Waals surface area contributed by atoms with Crippen molar-refractivity contribution in [3.05, 3.63) is 57.7 Å². The van der Waals surface area contributed by atoms with Crippen molar-refractivity contribution in [2.75, 3.05) is 19.6 Å². The maximum atomic E-state index is 13.7. The molecule has 7 nitrogen and oxygen atoms in total. The topological polar surface area (TPSA) is 115 Å². The predicted octanol–water partition coefficient (Wildman–Crippen LogP) is 3.69. The van der Waals surface area contributed by atoms with Gasteiger partial charge >= 0.3 is 0 Å². The Bertz CT molecular complexity index is 1260. The minimum absolute atomic E-state index is 0.0360. The number of fused-ring (bicyclic) bond motifs is 3. The number of hydrogen-bond acceptors (Lipinski definition) is 7. The number of aromatic hydroxyl groups is 1. The van der Waals surface area contributed by atoms with E-state index in [1.165, 1.54) is 6.07 Å². The van der Waals surface area contributed by atoms with Crippen LogP contribution in [0.4, 0.5) is 0 Å². The van der Waals surface area contributed by atoms with E-state index in [1.54, 1.807) is 13.0 Å². The third-order valence-corrected chi connectivity index (χ3v) is 8.49. The minimum Gasteiger partial charge on any atom is -0.507 e. The van der Waals surface area contributed by atoms with Gasteiger partial charge in [0.1, 0.15) is 11.5 Å². The molecule has 1 saturated heterocycles. The lowest BCUT2D eigenvalue weighted by atomic mass is 9.57. The van der Waals surface area contributed by atoms with E-state index < -0.39 is 34.8 Å². The molecule has 0 aromatic heterocycles. The number of likely N-dealkylation sites (tertiary alicyclic amines) is 1. The number of aliphatic hydroxyl groups excluding tert-OH is 1. The minimum atomic E-state index is -2.28. The van der Waals surface area contributed by atoms with Crippen molar-refractivity contribution in [2.24, 2.45) is 11.8 Å². The average Bonchev–Trinajstić information content (AvgIpc) is 2.82. The van der Waals surface area contributed by atoms with Crippen molar-refractivity contribution < 1.29 is 29.7 Å². The molecule has 36 heavy (non-hydrogen) atoms. The van der Waals surface area contributed by atoms with Gasteiger partial charge in [0.05, 0.1) is 12.1 Å². The van der Waals surface area contributed by atoms with Gasteiger partial charge in [-0.15, -0.1) is 0 Å². The number of allylic oxidation sites excluding steroid dienone is 2. The molecule has 4 aliphatic rings. The van der Waals surface area contributed by atoms with Gasteiger partial charge in [-0.25, -0.2) is 0 Å². The van der Waals surface area contributed by atoms with Crippen molar-refractivity contribution in [3.63, 3.8) is 0 Å². The molecule has 1 aliphatic heterocycles. The molecule has 2 fully saturated rings. The quantitative estimate of drug-likeness (QED) is 0.435. The molecule has 5 rings (SSSR count). The summed E-state index contributed by atoms with van der Waals surface area (Å²) in [6.45, 7) is 9.34. The Morgan fingerprint density at radius 1 is 1.11 bits per heavy atom. The smallest absolute Gasteiger partial charge is 0.202 e. The number of nitrogens with zero attached hydrogens (tertiary/aromatic N) is 1. The second-order valence-electron chi connectivity index (χ2n) is 10.9. The van der Waals surface area contributed by atoms with E-state index in [4.69, 9.17) is 0 Å². The summed E-state index contributed by atoms with van der Waals surface area (Å²) in [6.07, 6.45) is 4.23. The van der Waals surface area contributed by atoms with Gasteiger partial charge in [-0.2, -0.15) is 0 Å². The highest BCUT2D eigenvalue weighted by Crippen LogP contribution is 2.52. The van der Waals surface area contributed by atoms with E-state index in [1.807, 2.05) is 6.92 Å². The zero-order chi connectivity index (χ0) is 25.9. The Kier molecular flexibility index (Phi) is 6.04. The molecular formula is C29H33NO6. The first kappa shape index (κ1) is 24.7. The van der Waals surface area contributed by atoms with Crippen LogP contribution in [0.25, 0.3) is 5.76 Å². The molecule has 1 aromatic rings. The molecule has 0 spiro atoms. The van der Waals surface area contributed by atoms with Crippen LogP contribution in [0.15, 0.2) is 41.0 Å². The number of phenols is 1. The van der Waals surface area contributed by atoms with Crippen LogP contribution in [-0.2, 0) is 16.0 Å². The lowest BCUT2D eigenvalue weighted by Gasteiger charge is -2.46. The SMILES string of the molecule is C=C(C)C1=C(C)C[C@H]2C[C@H]3Cc4c(C(=O)CN5CCCCC5)ccc(O)c4C(O)=C3C(=O)[C@@]2(O)C1=O. The Balaban J connectivity index is 1.57. The fourth-order valence-electron chi connectivity index (χ4n) is 6.79. The summed E-state index contributed by atoms with van der Waals surface area (Å²) >= 11 is 0. The first-order valence-electron chi connectivity index (χ1n) is 12.8. The molecule has 0 amide bonds. The largest absolute Gasteiger partial charge is 0.507 e. The molecule has 0 radical (unpaired) electrons. The summed E-state index contributed by atoms with van der Waals surface area (Å²) in [5, 5.41) is 33.5. The lowest BCUT2D eigenvalue weighted by Crippen LogP contribution is -2.60. The third kappa shape index (κ3) is 3.59. The number of Topliss-reactive ketones (excluding diaryl/α,β-unsaturated/α-hetero) is 3. The summed E-state index contributed by atoms with van der Waals surface area (Å²) in [4.78, 5) is 42.5. The zero-order valence-corrected chi connectivity index (χ0v) is 20.9. The lowest BCUT2D eigenvalue weighted by molar-refractivity contribution is -0.157. The molecule has 1 saturated carbocycles. The highest BCUT2D eigenvalue weighted by molar-refractivity contribution is 6.26. The van der Waals surface area contributed by atoms with Crippen LogP contribution >= 0.6 is 0 Å². The number of benzene rings is 1. The van der Waals surface area contributed by atoms with E-state index >= 15 is 0 Å². The second-order valence-corrected chi connectivity index (χ2v) is 10.9. The molecule has 3 N–H and O–H groups in total. The highest BCUT2D eigenvalue weighted by Gasteiger charge is 2.60. The molecular weight excluding hydrogens is 458 g/mol. The van der Waals surface area contributed by atoms with Crippen molar-refractivity contribution >= 4 is 23.1 Å². The van der Waals surface area contributed by atoms with Crippen LogP contribution in [0.5, 0.6) is 5.75 Å². The van der Waals surface area contributed by atoms with Gasteiger partial charge in [0.2, 0.25) is 11.6 Å². The molecule has 1 aromatic carbocycles. The number of piperidine rings is 1. The van der Waals surface area contributed by atoms with E-state index in [9.17, 15) is 29.7 Å². The maximum Gasteiger partial charge on any atom is 0.202 e. The van der Waals surface area contributed by atoms with Crippen LogP contribution < -0.4 is 0 Å². The van der Waals surface area contributed by atoms with E-state index in [0.29, 0.717) is 29.5 Å². The number of ketones is 3. The molecule has 3 atom stereocenters. The Labute approximate surface area is 210 Å².